The number of alkyl halides is 1. The van der Waals surface area contributed by atoms with Crippen molar-refractivity contribution in [3.05, 3.63) is 0 Å². The van der Waals surface area contributed by atoms with E-state index in [-0.39, 0.29) is 12.1 Å². The molecule has 1 aliphatic rings. The lowest BCUT2D eigenvalue weighted by Crippen LogP contribution is -2.41. The Kier molecular flexibility index (Phi) is 4.26. The van der Waals surface area contributed by atoms with Gasteiger partial charge in [-0.25, -0.2) is 4.79 Å². The molecule has 0 aliphatic heterocycles. The Morgan fingerprint density at radius 3 is 2.67 bits per heavy atom. The molecule has 0 aromatic heterocycles. The van der Waals surface area contributed by atoms with E-state index in [0.717, 1.165) is 19.3 Å². The van der Waals surface area contributed by atoms with E-state index in [0.29, 0.717) is 11.8 Å². The first-order valence-corrected chi connectivity index (χ1v) is 6.01. The van der Waals surface area contributed by atoms with Crippen LogP contribution in [0, 0.1) is 5.92 Å². The standard InChI is InChI=1S/C11H20ClNO2/c1-11(2,3)15-10(14)13-9-6-4-5-8(9)7-12/h8-9H,4-7H2,1-3H3,(H,13,14). The second-order valence-corrected chi connectivity index (χ2v) is 5.41. The third-order valence-electron chi connectivity index (χ3n) is 2.56. The van der Waals surface area contributed by atoms with E-state index >= 15 is 0 Å². The normalized spacial score (nSPS) is 26.4. The lowest BCUT2D eigenvalue weighted by atomic mass is 10.1. The summed E-state index contributed by atoms with van der Waals surface area (Å²) in [4.78, 5) is 11.5. The summed E-state index contributed by atoms with van der Waals surface area (Å²) in [5, 5.41) is 2.89. The van der Waals surface area contributed by atoms with Crippen molar-refractivity contribution in [1.29, 1.82) is 0 Å². The number of hydrogen-bond acceptors (Lipinski definition) is 2. The van der Waals surface area contributed by atoms with Gasteiger partial charge in [0.1, 0.15) is 5.60 Å². The number of nitrogens with one attached hydrogen (secondary N) is 1. The minimum atomic E-state index is -0.431. The van der Waals surface area contributed by atoms with Crippen molar-refractivity contribution in [3.63, 3.8) is 0 Å². The first-order chi connectivity index (χ1) is 6.92. The van der Waals surface area contributed by atoms with Crippen LogP contribution in [-0.2, 0) is 4.74 Å². The lowest BCUT2D eigenvalue weighted by Gasteiger charge is -2.23. The van der Waals surface area contributed by atoms with Crippen molar-refractivity contribution in [3.8, 4) is 0 Å². The second-order valence-electron chi connectivity index (χ2n) is 5.10. The number of carbonyl (C=O) groups is 1. The van der Waals surface area contributed by atoms with Crippen LogP contribution in [0.2, 0.25) is 0 Å². The van der Waals surface area contributed by atoms with Gasteiger partial charge < -0.3 is 10.1 Å². The highest BCUT2D eigenvalue weighted by Gasteiger charge is 2.29. The minimum Gasteiger partial charge on any atom is -0.444 e. The molecule has 2 unspecified atom stereocenters. The summed E-state index contributed by atoms with van der Waals surface area (Å²) in [5.41, 5.74) is -0.431. The van der Waals surface area contributed by atoms with Gasteiger partial charge in [-0.05, 0) is 39.5 Å². The van der Waals surface area contributed by atoms with Gasteiger partial charge in [0, 0.05) is 11.9 Å². The van der Waals surface area contributed by atoms with E-state index in [9.17, 15) is 4.79 Å². The molecule has 0 saturated heterocycles. The highest BCUT2D eigenvalue weighted by Crippen LogP contribution is 2.26. The summed E-state index contributed by atoms with van der Waals surface area (Å²) in [6, 6.07) is 0.192. The molecule has 1 amide bonds. The highest BCUT2D eigenvalue weighted by atomic mass is 35.5. The van der Waals surface area contributed by atoms with Crippen LogP contribution >= 0.6 is 11.6 Å². The number of hydrogen-bond donors (Lipinski definition) is 1. The summed E-state index contributed by atoms with van der Waals surface area (Å²) in [7, 11) is 0. The average Bonchev–Trinajstić information content (AvgIpc) is 2.48. The Bertz CT molecular complexity index is 225. The number of rotatable bonds is 2. The third kappa shape index (κ3) is 4.29. The smallest absolute Gasteiger partial charge is 0.407 e. The predicted molar refractivity (Wildman–Crippen MR) is 61.2 cm³/mol. The van der Waals surface area contributed by atoms with Crippen LogP contribution in [0.15, 0.2) is 0 Å². The Balaban J connectivity index is 2.37. The number of carbonyl (C=O) groups excluding carboxylic acids is 1. The fourth-order valence-corrected chi connectivity index (χ4v) is 2.24. The Labute approximate surface area is 96.5 Å². The summed E-state index contributed by atoms with van der Waals surface area (Å²) in [6.07, 6.45) is 2.92. The van der Waals surface area contributed by atoms with Crippen molar-refractivity contribution in [2.45, 2.75) is 51.7 Å². The molecule has 15 heavy (non-hydrogen) atoms. The summed E-state index contributed by atoms with van der Waals surface area (Å²) >= 11 is 5.83. The van der Waals surface area contributed by atoms with Crippen LogP contribution in [0.1, 0.15) is 40.0 Å². The molecule has 0 bridgehead atoms. The van der Waals surface area contributed by atoms with Crippen molar-refractivity contribution in [1.82, 2.24) is 5.32 Å². The molecule has 88 valence electrons. The number of amides is 1. The van der Waals surface area contributed by atoms with Crippen LogP contribution in [0.25, 0.3) is 0 Å². The molecule has 0 spiro atoms. The van der Waals surface area contributed by atoms with Gasteiger partial charge in [0.05, 0.1) is 0 Å². The fraction of sp³-hybridized carbons (Fsp3) is 0.909. The van der Waals surface area contributed by atoms with Crippen LogP contribution in [-0.4, -0.2) is 23.6 Å². The maximum absolute atomic E-state index is 11.5. The van der Waals surface area contributed by atoms with E-state index in [4.69, 9.17) is 16.3 Å². The summed E-state index contributed by atoms with van der Waals surface area (Å²) in [6.45, 7) is 5.58. The number of alkyl carbamates (subject to hydrolysis) is 1. The van der Waals surface area contributed by atoms with Crippen molar-refractivity contribution in [2.24, 2.45) is 5.92 Å². The van der Waals surface area contributed by atoms with Gasteiger partial charge >= 0.3 is 6.09 Å². The van der Waals surface area contributed by atoms with E-state index in [1.807, 2.05) is 20.8 Å². The molecular formula is C11H20ClNO2. The zero-order valence-corrected chi connectivity index (χ0v) is 10.4. The maximum atomic E-state index is 11.5. The van der Waals surface area contributed by atoms with Crippen molar-refractivity contribution >= 4 is 17.7 Å². The molecule has 0 aromatic rings. The van der Waals surface area contributed by atoms with E-state index in [1.165, 1.54) is 0 Å². The molecule has 1 aliphatic carbocycles. The topological polar surface area (TPSA) is 38.3 Å². The zero-order valence-electron chi connectivity index (χ0n) is 9.68. The molecule has 1 fully saturated rings. The minimum absolute atomic E-state index is 0.192. The van der Waals surface area contributed by atoms with Gasteiger partial charge in [0.2, 0.25) is 0 Å². The molecule has 3 nitrogen and oxygen atoms in total. The van der Waals surface area contributed by atoms with Gasteiger partial charge in [-0.2, -0.15) is 0 Å². The molecule has 1 saturated carbocycles. The lowest BCUT2D eigenvalue weighted by molar-refractivity contribution is 0.0495. The molecular weight excluding hydrogens is 214 g/mol. The second kappa shape index (κ2) is 5.06. The van der Waals surface area contributed by atoms with Crippen molar-refractivity contribution < 1.29 is 9.53 Å². The van der Waals surface area contributed by atoms with Crippen molar-refractivity contribution in [2.75, 3.05) is 5.88 Å². The van der Waals surface area contributed by atoms with E-state index < -0.39 is 5.60 Å². The number of halogens is 1. The zero-order chi connectivity index (χ0) is 11.5. The largest absolute Gasteiger partial charge is 0.444 e. The monoisotopic (exact) mass is 233 g/mol. The molecule has 1 N–H and O–H groups in total. The quantitative estimate of drug-likeness (QED) is 0.745. The van der Waals surface area contributed by atoms with Gasteiger partial charge in [0.15, 0.2) is 0 Å². The Hall–Kier alpha value is -0.440. The van der Waals surface area contributed by atoms with Gasteiger partial charge in [0.25, 0.3) is 0 Å². The first kappa shape index (κ1) is 12.6. The maximum Gasteiger partial charge on any atom is 0.407 e. The van der Waals surface area contributed by atoms with E-state index in [1.54, 1.807) is 0 Å². The van der Waals surface area contributed by atoms with Crippen LogP contribution in [0.4, 0.5) is 4.79 Å². The number of ether oxygens (including phenoxy) is 1. The van der Waals surface area contributed by atoms with Gasteiger partial charge in [-0.15, -0.1) is 11.6 Å². The molecule has 0 heterocycles. The fourth-order valence-electron chi connectivity index (χ4n) is 1.87. The van der Waals surface area contributed by atoms with Gasteiger partial charge in [-0.3, -0.25) is 0 Å². The van der Waals surface area contributed by atoms with Gasteiger partial charge in [-0.1, -0.05) is 6.42 Å². The summed E-state index contributed by atoms with van der Waals surface area (Å²) < 4.78 is 5.20. The molecule has 1 rings (SSSR count). The average molecular weight is 234 g/mol. The highest BCUT2D eigenvalue weighted by molar-refractivity contribution is 6.18. The molecule has 0 aromatic carbocycles. The van der Waals surface area contributed by atoms with Crippen LogP contribution < -0.4 is 5.32 Å². The first-order valence-electron chi connectivity index (χ1n) is 5.48. The van der Waals surface area contributed by atoms with Crippen LogP contribution in [0.5, 0.6) is 0 Å². The Morgan fingerprint density at radius 2 is 2.13 bits per heavy atom. The molecule has 2 atom stereocenters. The Morgan fingerprint density at radius 1 is 1.47 bits per heavy atom. The third-order valence-corrected chi connectivity index (χ3v) is 2.96. The summed E-state index contributed by atoms with van der Waals surface area (Å²) in [5.74, 6) is 1.01. The molecule has 4 heteroatoms. The van der Waals surface area contributed by atoms with Crippen LogP contribution in [0.3, 0.4) is 0 Å². The van der Waals surface area contributed by atoms with E-state index in [2.05, 4.69) is 5.32 Å². The molecule has 0 radical (unpaired) electrons. The SMILES string of the molecule is CC(C)(C)OC(=O)NC1CCCC1CCl. The predicted octanol–water partition coefficient (Wildman–Crippen LogP) is 2.92.